The van der Waals surface area contributed by atoms with Crippen LogP contribution >= 0.6 is 83.0 Å². The van der Waals surface area contributed by atoms with Crippen LogP contribution in [-0.2, 0) is 0 Å². The van der Waals surface area contributed by atoms with Gasteiger partial charge in [-0.1, -0.05) is 14.3 Å². The first kappa shape index (κ1) is 22.7. The van der Waals surface area contributed by atoms with Crippen molar-refractivity contribution in [2.45, 2.75) is 27.7 Å². The Morgan fingerprint density at radius 2 is 0.750 bits per heavy atom. The van der Waals surface area contributed by atoms with Gasteiger partial charge in [-0.05, 0) is 27.7 Å². The molecular weight excluding hydrogens is 416 g/mol. The topological polar surface area (TPSA) is 0 Å². The third-order valence-electron chi connectivity index (χ3n) is 4.75. The van der Waals surface area contributed by atoms with Gasteiger partial charge in [-0.15, -0.1) is 0 Å². The van der Waals surface area contributed by atoms with Crippen molar-refractivity contribution in [2.75, 3.05) is 37.0 Å². The quantitative estimate of drug-likeness (QED) is 0.259. The maximum Gasteiger partial charge on any atom is 0.410 e. The van der Waals surface area contributed by atoms with E-state index in [0.717, 1.165) is 37.0 Å². The Bertz CT molecular complexity index is 267. The van der Waals surface area contributed by atoms with Crippen LogP contribution in [0.15, 0.2) is 0 Å². The molecule has 0 N–H and O–H groups in total. The molecular formula is C10H24B2Cl6P2. The minimum atomic E-state index is -1.86. The number of rotatable bonds is 9. The van der Waals surface area contributed by atoms with Crippen molar-refractivity contribution in [3.63, 3.8) is 0 Å². The van der Waals surface area contributed by atoms with Crippen LogP contribution in [0.3, 0.4) is 0 Å². The minimum Gasteiger partial charge on any atom is -0.301 e. The van der Waals surface area contributed by atoms with Gasteiger partial charge in [0.15, 0.2) is 0 Å². The summed E-state index contributed by atoms with van der Waals surface area (Å²) in [7, 11) is -3.23. The van der Waals surface area contributed by atoms with E-state index in [2.05, 4.69) is 27.7 Å². The van der Waals surface area contributed by atoms with Crippen LogP contribution in [0.5, 0.6) is 0 Å². The molecule has 0 heterocycles. The molecule has 122 valence electrons. The summed E-state index contributed by atoms with van der Waals surface area (Å²) >= 11 is 38.1. The normalized spacial score (nSPS) is 14.7. The summed E-state index contributed by atoms with van der Waals surface area (Å²) in [6.07, 6.45) is 5.64. The molecule has 10 heteroatoms. The summed E-state index contributed by atoms with van der Waals surface area (Å²) in [6, 6.07) is 0. The SMILES string of the molecule is CC[P+](CC)(CC[P+](CC)(CC)[B-](Cl)(Cl)Cl)[B-](Cl)(Cl)Cl. The molecule has 0 saturated carbocycles. The highest BCUT2D eigenvalue weighted by Gasteiger charge is 2.52. The van der Waals surface area contributed by atoms with E-state index in [0.29, 0.717) is 0 Å². The Morgan fingerprint density at radius 3 is 0.850 bits per heavy atom. The van der Waals surface area contributed by atoms with Crippen molar-refractivity contribution < 1.29 is 0 Å². The van der Waals surface area contributed by atoms with Crippen LogP contribution in [0.2, 0.25) is 0 Å². The Morgan fingerprint density at radius 1 is 0.550 bits per heavy atom. The molecule has 0 bridgehead atoms. The van der Waals surface area contributed by atoms with Gasteiger partial charge in [0.25, 0.3) is 0 Å². The lowest BCUT2D eigenvalue weighted by Gasteiger charge is -2.44. The van der Waals surface area contributed by atoms with E-state index in [1.165, 1.54) is 0 Å². The van der Waals surface area contributed by atoms with Gasteiger partial charge in [0, 0.05) is 24.6 Å². The van der Waals surface area contributed by atoms with Crippen molar-refractivity contribution >= 4 is 91.3 Å². The average molecular weight is 441 g/mol. The molecule has 0 aliphatic carbocycles. The highest BCUT2D eigenvalue weighted by Crippen LogP contribution is 2.76. The Labute approximate surface area is 155 Å². The van der Waals surface area contributed by atoms with Gasteiger partial charge in [-0.3, -0.25) is 0 Å². The zero-order valence-corrected chi connectivity index (χ0v) is 18.9. The van der Waals surface area contributed by atoms with Crippen molar-refractivity contribution in [3.8, 4) is 0 Å². The van der Waals surface area contributed by atoms with E-state index >= 15 is 0 Å². The third-order valence-corrected chi connectivity index (χ3v) is 22.3. The van der Waals surface area contributed by atoms with Gasteiger partial charge in [0.2, 0.25) is 0 Å². The Hall–Kier alpha value is 2.73. The lowest BCUT2D eigenvalue weighted by molar-refractivity contribution is 1.30. The van der Waals surface area contributed by atoms with Crippen molar-refractivity contribution in [3.05, 3.63) is 0 Å². The Balaban J connectivity index is 5.29. The molecule has 0 aromatic carbocycles. The second-order valence-corrected chi connectivity index (χ2v) is 22.2. The predicted molar refractivity (Wildman–Crippen MR) is 112 cm³/mol. The summed E-state index contributed by atoms with van der Waals surface area (Å²) < 4.78 is -3.72. The Kier molecular flexibility index (Phi) is 9.91. The molecule has 0 aliphatic heterocycles. The molecule has 0 spiro atoms. The molecule has 0 nitrogen and oxygen atoms in total. The summed E-state index contributed by atoms with van der Waals surface area (Å²) in [4.78, 5) is 0. The molecule has 20 heavy (non-hydrogen) atoms. The smallest absolute Gasteiger partial charge is 0.301 e. The maximum atomic E-state index is 6.35. The first-order chi connectivity index (χ1) is 8.95. The van der Waals surface area contributed by atoms with Gasteiger partial charge >= 0.3 is 8.22 Å². The lowest BCUT2D eigenvalue weighted by Crippen LogP contribution is -2.31. The van der Waals surface area contributed by atoms with E-state index in [1.54, 1.807) is 0 Å². The minimum absolute atomic E-state index is 0.932. The summed E-state index contributed by atoms with van der Waals surface area (Å²) in [5, 5.41) is 0. The van der Waals surface area contributed by atoms with Gasteiger partial charge < -0.3 is 68.8 Å². The fourth-order valence-corrected chi connectivity index (χ4v) is 16.9. The van der Waals surface area contributed by atoms with Gasteiger partial charge in [-0.2, -0.15) is 0 Å². The van der Waals surface area contributed by atoms with Gasteiger partial charge in [-0.25, -0.2) is 0 Å². The molecule has 0 amide bonds. The zero-order valence-electron chi connectivity index (χ0n) is 12.6. The first-order valence-electron chi connectivity index (χ1n) is 7.05. The van der Waals surface area contributed by atoms with Gasteiger partial charge in [0.05, 0.1) is 12.3 Å². The van der Waals surface area contributed by atoms with Crippen molar-refractivity contribution in [1.82, 2.24) is 0 Å². The molecule has 0 unspecified atom stereocenters. The average Bonchev–Trinajstić information content (AvgIpc) is 2.32. The summed E-state index contributed by atoms with van der Waals surface area (Å²) in [5.41, 5.74) is 0. The summed E-state index contributed by atoms with van der Waals surface area (Å²) in [5.74, 6) is 0. The third kappa shape index (κ3) is 5.11. The second-order valence-electron chi connectivity index (χ2n) is 5.23. The zero-order chi connectivity index (χ0) is 16.2. The van der Waals surface area contributed by atoms with Gasteiger partial charge in [0.1, 0.15) is 0 Å². The van der Waals surface area contributed by atoms with E-state index in [1.807, 2.05) is 0 Å². The summed E-state index contributed by atoms with van der Waals surface area (Å²) in [6.45, 7) is 8.50. The molecule has 0 aromatic rings. The van der Waals surface area contributed by atoms with E-state index < -0.39 is 22.5 Å². The number of hydrogen-bond acceptors (Lipinski definition) is 0. The molecule has 0 aromatic heterocycles. The standard InChI is InChI=1S/C10H24B2Cl6P2/c1-5-19(6-2,11(13,14)15)9-10-20(7-3,8-4)12(16,17)18/h5-10H2,1-4H3. The monoisotopic (exact) mass is 438 g/mol. The van der Waals surface area contributed by atoms with Crippen LogP contribution < -0.4 is 0 Å². The van der Waals surface area contributed by atoms with Crippen LogP contribution in [0.4, 0.5) is 0 Å². The second kappa shape index (κ2) is 8.72. The molecule has 0 fully saturated rings. The fraction of sp³-hybridized carbons (Fsp3) is 1.00. The molecule has 0 aliphatic rings. The lowest BCUT2D eigenvalue weighted by atomic mass is 10.6. The van der Waals surface area contributed by atoms with Crippen LogP contribution in [0, 0.1) is 0 Å². The van der Waals surface area contributed by atoms with E-state index in [4.69, 9.17) is 68.8 Å². The van der Waals surface area contributed by atoms with E-state index in [-0.39, 0.29) is 0 Å². The highest BCUT2D eigenvalue weighted by atomic mass is 35.6. The molecule has 0 rings (SSSR count). The predicted octanol–water partition coefficient (Wildman–Crippen LogP) is 7.41. The number of hydrogen-bond donors (Lipinski definition) is 0. The van der Waals surface area contributed by atoms with Crippen LogP contribution in [0.1, 0.15) is 27.7 Å². The molecule has 0 atom stereocenters. The van der Waals surface area contributed by atoms with Crippen LogP contribution in [-0.4, -0.2) is 45.2 Å². The highest BCUT2D eigenvalue weighted by molar-refractivity contribution is 8.29. The van der Waals surface area contributed by atoms with Crippen LogP contribution in [0.25, 0.3) is 0 Å². The van der Waals surface area contributed by atoms with Crippen molar-refractivity contribution in [2.24, 2.45) is 0 Å². The fourth-order valence-electron chi connectivity index (χ4n) is 2.60. The maximum absolute atomic E-state index is 6.35. The van der Waals surface area contributed by atoms with Crippen molar-refractivity contribution in [1.29, 1.82) is 0 Å². The van der Waals surface area contributed by atoms with E-state index in [9.17, 15) is 0 Å². The molecule has 0 radical (unpaired) electrons. The number of halogens is 6. The largest absolute Gasteiger partial charge is 0.410 e. The first-order valence-corrected chi connectivity index (χ1v) is 14.5. The molecule has 0 saturated heterocycles.